The third-order valence-electron chi connectivity index (χ3n) is 4.32. The zero-order valence-corrected chi connectivity index (χ0v) is 19.5. The van der Waals surface area contributed by atoms with Gasteiger partial charge in [-0.1, -0.05) is 35.3 Å². The number of ether oxygens (including phenoxy) is 2. The largest absolute Gasteiger partial charge is 0.493 e. The van der Waals surface area contributed by atoms with Gasteiger partial charge in [0.15, 0.2) is 11.5 Å². The summed E-state index contributed by atoms with van der Waals surface area (Å²) in [5, 5.41) is 2.90. The number of hydrogen-bond donors (Lipinski definition) is 2. The van der Waals surface area contributed by atoms with Gasteiger partial charge in [0.25, 0.3) is 15.9 Å². The monoisotopic (exact) mass is 494 g/mol. The van der Waals surface area contributed by atoms with Crippen LogP contribution in [0.3, 0.4) is 0 Å². The first-order chi connectivity index (χ1) is 15.2. The molecule has 168 valence electrons. The molecule has 0 aliphatic rings. The van der Waals surface area contributed by atoms with Gasteiger partial charge in [0.1, 0.15) is 4.90 Å². The molecule has 0 aromatic heterocycles. The van der Waals surface area contributed by atoms with Gasteiger partial charge in [-0.25, -0.2) is 8.42 Å². The summed E-state index contributed by atoms with van der Waals surface area (Å²) in [6.45, 7) is 2.22. The number of rotatable bonds is 8. The lowest BCUT2D eigenvalue weighted by Gasteiger charge is -2.13. The van der Waals surface area contributed by atoms with Crippen LogP contribution >= 0.6 is 23.2 Å². The maximum absolute atomic E-state index is 12.9. The number of hydrogen-bond acceptors (Lipinski definition) is 5. The lowest BCUT2D eigenvalue weighted by Crippen LogP contribution is -2.16. The highest BCUT2D eigenvalue weighted by Crippen LogP contribution is 2.31. The Morgan fingerprint density at radius 1 is 0.969 bits per heavy atom. The minimum absolute atomic E-state index is 0.00867. The van der Waals surface area contributed by atoms with E-state index in [0.717, 1.165) is 0 Å². The van der Waals surface area contributed by atoms with E-state index >= 15 is 0 Å². The number of nitrogens with one attached hydrogen (secondary N) is 2. The molecule has 3 rings (SSSR count). The van der Waals surface area contributed by atoms with Crippen molar-refractivity contribution in [1.29, 1.82) is 0 Å². The van der Waals surface area contributed by atoms with Gasteiger partial charge in [-0.15, -0.1) is 0 Å². The molecule has 0 atom stereocenters. The third kappa shape index (κ3) is 5.45. The van der Waals surface area contributed by atoms with Crippen LogP contribution in [0.2, 0.25) is 10.0 Å². The zero-order chi connectivity index (χ0) is 23.3. The summed E-state index contributed by atoms with van der Waals surface area (Å²) in [5.74, 6) is 0.457. The minimum Gasteiger partial charge on any atom is -0.493 e. The van der Waals surface area contributed by atoms with E-state index in [9.17, 15) is 13.2 Å². The summed E-state index contributed by atoms with van der Waals surface area (Å²) in [7, 11) is -2.56. The highest BCUT2D eigenvalue weighted by atomic mass is 35.5. The third-order valence-corrected chi connectivity index (χ3v) is 6.50. The van der Waals surface area contributed by atoms with Crippen molar-refractivity contribution in [3.8, 4) is 11.5 Å². The number of methoxy groups -OCH3 is 1. The predicted molar refractivity (Wildman–Crippen MR) is 126 cm³/mol. The normalized spacial score (nSPS) is 11.0. The minimum atomic E-state index is -4.07. The first-order valence-electron chi connectivity index (χ1n) is 9.44. The Balaban J connectivity index is 1.86. The topological polar surface area (TPSA) is 93.7 Å². The number of carbonyl (C=O) groups is 1. The number of anilines is 2. The van der Waals surface area contributed by atoms with E-state index in [1.54, 1.807) is 36.4 Å². The Morgan fingerprint density at radius 3 is 2.41 bits per heavy atom. The van der Waals surface area contributed by atoms with Gasteiger partial charge in [-0.05, 0) is 55.5 Å². The number of sulfonamides is 1. The second-order valence-corrected chi connectivity index (χ2v) is 8.95. The molecule has 10 heteroatoms. The van der Waals surface area contributed by atoms with Crippen molar-refractivity contribution in [2.75, 3.05) is 23.8 Å². The van der Waals surface area contributed by atoms with Crippen LogP contribution in [0.25, 0.3) is 0 Å². The first-order valence-corrected chi connectivity index (χ1v) is 11.7. The van der Waals surface area contributed by atoms with Gasteiger partial charge in [0.2, 0.25) is 0 Å². The lowest BCUT2D eigenvalue weighted by molar-refractivity contribution is 0.102. The van der Waals surface area contributed by atoms with Crippen LogP contribution in [0, 0.1) is 0 Å². The van der Waals surface area contributed by atoms with Crippen molar-refractivity contribution in [3.05, 3.63) is 76.3 Å². The molecule has 0 aliphatic carbocycles. The number of para-hydroxylation sites is 1. The van der Waals surface area contributed by atoms with E-state index in [1.165, 1.54) is 31.4 Å². The maximum atomic E-state index is 12.9. The van der Waals surface area contributed by atoms with Gasteiger partial charge in [-0.2, -0.15) is 0 Å². The fourth-order valence-corrected chi connectivity index (χ4v) is 4.67. The van der Waals surface area contributed by atoms with Crippen LogP contribution in [-0.4, -0.2) is 28.0 Å². The van der Waals surface area contributed by atoms with Gasteiger partial charge in [-0.3, -0.25) is 9.52 Å². The lowest BCUT2D eigenvalue weighted by atomic mass is 10.2. The first kappa shape index (κ1) is 23.7. The fraction of sp³-hybridized carbons (Fsp3) is 0.136. The molecule has 32 heavy (non-hydrogen) atoms. The quantitative estimate of drug-likeness (QED) is 0.433. The van der Waals surface area contributed by atoms with Crippen molar-refractivity contribution >= 4 is 50.5 Å². The van der Waals surface area contributed by atoms with E-state index in [2.05, 4.69) is 10.0 Å². The van der Waals surface area contributed by atoms with E-state index in [0.29, 0.717) is 23.7 Å². The molecule has 0 aliphatic heterocycles. The Labute approximate surface area is 196 Å². The number of benzene rings is 3. The number of halogens is 2. The highest BCUT2D eigenvalue weighted by Gasteiger charge is 2.21. The molecule has 0 saturated carbocycles. The van der Waals surface area contributed by atoms with Crippen molar-refractivity contribution < 1.29 is 22.7 Å². The summed E-state index contributed by atoms with van der Waals surface area (Å²) < 4.78 is 38.9. The summed E-state index contributed by atoms with van der Waals surface area (Å²) in [6, 6.07) is 15.3. The maximum Gasteiger partial charge on any atom is 0.263 e. The van der Waals surface area contributed by atoms with Gasteiger partial charge in [0, 0.05) is 11.3 Å². The Bertz CT molecular complexity index is 1250. The number of amides is 1. The molecule has 3 aromatic carbocycles. The fourth-order valence-electron chi connectivity index (χ4n) is 2.82. The summed E-state index contributed by atoms with van der Waals surface area (Å²) in [4.78, 5) is 12.5. The standard InChI is InChI=1S/C22H20Cl2N2O5S/c1-3-31-20-12-14(8-11-19(20)30-2)22(27)25-15-9-10-17(24)21(13-15)32(28,29)26-18-7-5-4-6-16(18)23/h4-13,26H,3H2,1-2H3,(H,25,27). The van der Waals surface area contributed by atoms with Crippen molar-refractivity contribution in [1.82, 2.24) is 0 Å². The Hall–Kier alpha value is -2.94. The molecular formula is C22H20Cl2N2O5S. The zero-order valence-electron chi connectivity index (χ0n) is 17.2. The SMILES string of the molecule is CCOc1cc(C(=O)Nc2ccc(Cl)c(S(=O)(=O)Nc3ccccc3Cl)c2)ccc1OC. The van der Waals surface area contributed by atoms with Crippen molar-refractivity contribution in [2.45, 2.75) is 11.8 Å². The van der Waals surface area contributed by atoms with Crippen LogP contribution in [0.15, 0.2) is 65.6 Å². The van der Waals surface area contributed by atoms with E-state index in [1.807, 2.05) is 6.92 Å². The smallest absolute Gasteiger partial charge is 0.263 e. The van der Waals surface area contributed by atoms with E-state index in [-0.39, 0.29) is 26.3 Å². The average Bonchev–Trinajstić information content (AvgIpc) is 2.76. The van der Waals surface area contributed by atoms with Crippen LogP contribution in [-0.2, 0) is 10.0 Å². The molecular weight excluding hydrogens is 475 g/mol. The second-order valence-electron chi connectivity index (χ2n) is 6.48. The van der Waals surface area contributed by atoms with E-state index in [4.69, 9.17) is 32.7 Å². The number of carbonyl (C=O) groups excluding carboxylic acids is 1. The van der Waals surface area contributed by atoms with Gasteiger partial charge >= 0.3 is 0 Å². The van der Waals surface area contributed by atoms with Crippen LogP contribution in [0.5, 0.6) is 11.5 Å². The van der Waals surface area contributed by atoms with Crippen LogP contribution < -0.4 is 19.5 Å². The van der Waals surface area contributed by atoms with Crippen LogP contribution in [0.1, 0.15) is 17.3 Å². The Kier molecular flexibility index (Phi) is 7.50. The predicted octanol–water partition coefficient (Wildman–Crippen LogP) is 5.45. The molecule has 2 N–H and O–H groups in total. The Morgan fingerprint density at radius 2 is 1.72 bits per heavy atom. The summed E-state index contributed by atoms with van der Waals surface area (Å²) >= 11 is 12.2. The molecule has 0 radical (unpaired) electrons. The second kappa shape index (κ2) is 10.1. The molecule has 0 heterocycles. The molecule has 0 bridgehead atoms. The highest BCUT2D eigenvalue weighted by molar-refractivity contribution is 7.92. The molecule has 3 aromatic rings. The van der Waals surface area contributed by atoms with Gasteiger partial charge in [0.05, 0.1) is 29.4 Å². The summed E-state index contributed by atoms with van der Waals surface area (Å²) in [5.41, 5.74) is 0.761. The van der Waals surface area contributed by atoms with Crippen LogP contribution in [0.4, 0.5) is 11.4 Å². The molecule has 0 spiro atoms. The molecule has 0 fully saturated rings. The molecule has 7 nitrogen and oxygen atoms in total. The van der Waals surface area contributed by atoms with E-state index < -0.39 is 15.9 Å². The molecule has 1 amide bonds. The average molecular weight is 495 g/mol. The summed E-state index contributed by atoms with van der Waals surface area (Å²) in [6.07, 6.45) is 0. The molecule has 0 saturated heterocycles. The molecule has 0 unspecified atom stereocenters. The van der Waals surface area contributed by atoms with Crippen molar-refractivity contribution in [3.63, 3.8) is 0 Å². The van der Waals surface area contributed by atoms with Crippen molar-refractivity contribution in [2.24, 2.45) is 0 Å². The van der Waals surface area contributed by atoms with Gasteiger partial charge < -0.3 is 14.8 Å².